The van der Waals surface area contributed by atoms with E-state index >= 15 is 0 Å². The van der Waals surface area contributed by atoms with E-state index in [-0.39, 0.29) is 43.2 Å². The standard InChI is InChI=1S/C35H39F2N5O6/c1-35(2,3)48-34(46)40-27(11-6-7-14-30(43)41(4)5)32(44)39-28-12-9-17-42(33(28)45)20-25-18-22-10-8-13-29(31(22)38-25)47-21-23-15-16-24(36)19-26(23)37/h7-10,12-19,27,38H,6,11,20-21H2,1-5H3,(H,39,44)(H,40,46)/b14-7+. The number of H-pyrrole nitrogens is 1. The fourth-order valence-electron chi connectivity index (χ4n) is 4.66. The summed E-state index contributed by atoms with van der Waals surface area (Å²) >= 11 is 0. The summed E-state index contributed by atoms with van der Waals surface area (Å²) in [4.78, 5) is 55.8. The highest BCUT2D eigenvalue weighted by Crippen LogP contribution is 2.27. The number of carbonyl (C=O) groups excluding carboxylic acids is 3. The van der Waals surface area contributed by atoms with Gasteiger partial charge in [-0.2, -0.15) is 0 Å². The molecule has 2 aromatic carbocycles. The van der Waals surface area contributed by atoms with Gasteiger partial charge in [-0.05, 0) is 76.1 Å². The second kappa shape index (κ2) is 15.4. The van der Waals surface area contributed by atoms with Gasteiger partial charge in [0.15, 0.2) is 0 Å². The molecule has 13 heteroatoms. The van der Waals surface area contributed by atoms with E-state index in [1.165, 1.54) is 27.7 Å². The van der Waals surface area contributed by atoms with Crippen LogP contribution in [-0.4, -0.2) is 58.1 Å². The smallest absolute Gasteiger partial charge is 0.408 e. The number of nitrogens with one attached hydrogen (secondary N) is 3. The Balaban J connectivity index is 1.48. The third-order valence-electron chi connectivity index (χ3n) is 7.02. The quantitative estimate of drug-likeness (QED) is 0.172. The van der Waals surface area contributed by atoms with Gasteiger partial charge in [-0.1, -0.05) is 18.2 Å². The molecule has 0 saturated carbocycles. The SMILES string of the molecule is CN(C)C(=O)/C=C/CCC(NC(=O)OC(C)(C)C)C(=O)Nc1cccn(Cc2cc3cccc(OCc4ccc(F)cc4F)c3[nH]2)c1=O. The summed E-state index contributed by atoms with van der Waals surface area (Å²) < 4.78 is 40.0. The van der Waals surface area contributed by atoms with Crippen molar-refractivity contribution in [2.24, 2.45) is 0 Å². The number of halogens is 2. The summed E-state index contributed by atoms with van der Waals surface area (Å²) in [5.74, 6) is -1.79. The van der Waals surface area contributed by atoms with Gasteiger partial charge in [0.05, 0.1) is 12.1 Å². The van der Waals surface area contributed by atoms with Crippen LogP contribution in [0.2, 0.25) is 0 Å². The van der Waals surface area contributed by atoms with Gasteiger partial charge in [-0.25, -0.2) is 13.6 Å². The first-order chi connectivity index (χ1) is 22.7. The number of likely N-dealkylation sites (N-methyl/N-ethyl adjacent to an activating group) is 1. The molecule has 11 nitrogen and oxygen atoms in total. The maximum absolute atomic E-state index is 14.1. The summed E-state index contributed by atoms with van der Waals surface area (Å²) in [6, 6.07) is 12.5. The predicted molar refractivity (Wildman–Crippen MR) is 178 cm³/mol. The van der Waals surface area contributed by atoms with Crippen molar-refractivity contribution in [3.63, 3.8) is 0 Å². The van der Waals surface area contributed by atoms with Gasteiger partial charge < -0.3 is 34.6 Å². The van der Waals surface area contributed by atoms with Crippen LogP contribution in [0, 0.1) is 11.6 Å². The van der Waals surface area contributed by atoms with Crippen molar-refractivity contribution in [2.45, 2.75) is 58.4 Å². The van der Waals surface area contributed by atoms with E-state index in [9.17, 15) is 28.0 Å². The van der Waals surface area contributed by atoms with Gasteiger partial charge in [-0.15, -0.1) is 0 Å². The first-order valence-electron chi connectivity index (χ1n) is 15.2. The zero-order chi connectivity index (χ0) is 35.0. The van der Waals surface area contributed by atoms with Crippen molar-refractivity contribution in [1.82, 2.24) is 19.8 Å². The van der Waals surface area contributed by atoms with Gasteiger partial charge >= 0.3 is 6.09 Å². The Hall–Kier alpha value is -5.46. The molecule has 0 saturated heterocycles. The van der Waals surface area contributed by atoms with Gasteiger partial charge in [0.25, 0.3) is 5.56 Å². The molecule has 254 valence electrons. The number of hydrogen-bond acceptors (Lipinski definition) is 6. The number of benzene rings is 2. The van der Waals surface area contributed by atoms with Crippen LogP contribution in [0.25, 0.3) is 10.9 Å². The van der Waals surface area contributed by atoms with Gasteiger partial charge in [-0.3, -0.25) is 14.4 Å². The maximum atomic E-state index is 14.1. The number of carbonyl (C=O) groups is 3. The summed E-state index contributed by atoms with van der Waals surface area (Å²) in [5.41, 5.74) is 0.198. The number of amides is 3. The lowest BCUT2D eigenvalue weighted by atomic mass is 10.1. The van der Waals surface area contributed by atoms with Crippen LogP contribution >= 0.6 is 0 Å². The molecule has 1 unspecified atom stereocenters. The molecule has 3 N–H and O–H groups in total. The number of alkyl carbamates (subject to hydrolysis) is 1. The predicted octanol–water partition coefficient (Wildman–Crippen LogP) is 5.49. The highest BCUT2D eigenvalue weighted by Gasteiger charge is 2.25. The van der Waals surface area contributed by atoms with Crippen LogP contribution in [0.4, 0.5) is 19.3 Å². The molecule has 0 spiro atoms. The monoisotopic (exact) mass is 663 g/mol. The fourth-order valence-corrected chi connectivity index (χ4v) is 4.66. The number of rotatable bonds is 12. The van der Waals surface area contributed by atoms with E-state index in [2.05, 4.69) is 15.6 Å². The number of aromatic nitrogens is 2. The summed E-state index contributed by atoms with van der Waals surface area (Å²) in [6.45, 7) is 5.09. The van der Waals surface area contributed by atoms with Crippen molar-refractivity contribution in [3.8, 4) is 5.75 Å². The molecule has 0 aliphatic heterocycles. The van der Waals surface area contributed by atoms with Crippen LogP contribution in [0.1, 0.15) is 44.9 Å². The Bertz CT molecular complexity index is 1880. The number of fused-ring (bicyclic) bond motifs is 1. The molecule has 2 heterocycles. The lowest BCUT2D eigenvalue weighted by molar-refractivity contribution is -0.123. The van der Waals surface area contributed by atoms with Crippen LogP contribution in [-0.2, 0) is 27.5 Å². The second-order valence-corrected chi connectivity index (χ2v) is 12.3. The first kappa shape index (κ1) is 35.4. The van der Waals surface area contributed by atoms with Crippen molar-refractivity contribution in [3.05, 3.63) is 106 Å². The highest BCUT2D eigenvalue weighted by molar-refractivity contribution is 5.96. The van der Waals surface area contributed by atoms with Crippen molar-refractivity contribution >= 4 is 34.5 Å². The number of allylic oxidation sites excluding steroid dienone is 1. The topological polar surface area (TPSA) is 135 Å². The zero-order valence-corrected chi connectivity index (χ0v) is 27.4. The van der Waals surface area contributed by atoms with Gasteiger partial charge in [0.2, 0.25) is 11.8 Å². The van der Waals surface area contributed by atoms with Crippen molar-refractivity contribution in [1.29, 1.82) is 0 Å². The number of ether oxygens (including phenoxy) is 2. The van der Waals surface area contributed by atoms with Gasteiger partial charge in [0.1, 0.15) is 41.3 Å². The van der Waals surface area contributed by atoms with E-state index in [0.29, 0.717) is 17.0 Å². The highest BCUT2D eigenvalue weighted by atomic mass is 19.1. The summed E-state index contributed by atoms with van der Waals surface area (Å²) in [6.07, 6.45) is 4.18. The lowest BCUT2D eigenvalue weighted by Gasteiger charge is -2.23. The molecular weight excluding hydrogens is 624 g/mol. The molecule has 0 aliphatic carbocycles. The average Bonchev–Trinajstić information content (AvgIpc) is 3.42. The number of hydrogen-bond donors (Lipinski definition) is 3. The number of nitrogens with zero attached hydrogens (tertiary/aromatic N) is 2. The van der Waals surface area contributed by atoms with Crippen LogP contribution in [0.15, 0.2) is 77.7 Å². The van der Waals surface area contributed by atoms with Crippen molar-refractivity contribution < 1.29 is 32.6 Å². The molecule has 0 aliphatic rings. The van der Waals surface area contributed by atoms with Crippen LogP contribution < -0.4 is 20.9 Å². The third kappa shape index (κ3) is 9.77. The van der Waals surface area contributed by atoms with Crippen molar-refractivity contribution in [2.75, 3.05) is 19.4 Å². The second-order valence-electron chi connectivity index (χ2n) is 12.3. The first-order valence-corrected chi connectivity index (χ1v) is 15.2. The molecule has 0 radical (unpaired) electrons. The average molecular weight is 664 g/mol. The molecule has 2 aromatic heterocycles. The van der Waals surface area contributed by atoms with E-state index in [1.54, 1.807) is 65.3 Å². The molecule has 48 heavy (non-hydrogen) atoms. The minimum Gasteiger partial charge on any atom is -0.487 e. The Morgan fingerprint density at radius 3 is 2.54 bits per heavy atom. The summed E-state index contributed by atoms with van der Waals surface area (Å²) in [5, 5.41) is 5.97. The number of pyridine rings is 1. The molecule has 1 atom stereocenters. The molecule has 0 fully saturated rings. The largest absolute Gasteiger partial charge is 0.487 e. The minimum atomic E-state index is -1.07. The van der Waals surface area contributed by atoms with E-state index in [0.717, 1.165) is 17.5 Å². The molecule has 3 amide bonds. The Morgan fingerprint density at radius 1 is 1.06 bits per heavy atom. The molecule has 4 rings (SSSR count). The maximum Gasteiger partial charge on any atom is 0.408 e. The Labute approximate surface area is 276 Å². The Morgan fingerprint density at radius 2 is 1.83 bits per heavy atom. The molecular formula is C35H39F2N5O6. The van der Waals surface area contributed by atoms with E-state index in [1.807, 2.05) is 12.1 Å². The molecule has 0 bridgehead atoms. The lowest BCUT2D eigenvalue weighted by Crippen LogP contribution is -2.46. The molecule has 4 aromatic rings. The summed E-state index contributed by atoms with van der Waals surface area (Å²) in [7, 11) is 3.23. The van der Waals surface area contributed by atoms with Crippen LogP contribution in [0.3, 0.4) is 0 Å². The van der Waals surface area contributed by atoms with E-state index in [4.69, 9.17) is 9.47 Å². The third-order valence-corrected chi connectivity index (χ3v) is 7.02. The number of aromatic amines is 1. The zero-order valence-electron chi connectivity index (χ0n) is 27.4. The number of para-hydroxylation sites is 1. The fraction of sp³-hybridized carbons (Fsp3) is 0.314. The van der Waals surface area contributed by atoms with Gasteiger partial charge in [0, 0.05) is 43.0 Å². The number of anilines is 1. The Kier molecular flexibility index (Phi) is 11.4. The van der Waals surface area contributed by atoms with Crippen LogP contribution in [0.5, 0.6) is 5.75 Å². The normalized spacial score (nSPS) is 12.1. The van der Waals surface area contributed by atoms with E-state index < -0.39 is 40.8 Å². The minimum absolute atomic E-state index is 0.00160.